The predicted octanol–water partition coefficient (Wildman–Crippen LogP) is 3.01. The highest BCUT2D eigenvalue weighted by atomic mass is 16.1. The van der Waals surface area contributed by atoms with Crippen molar-refractivity contribution in [1.29, 1.82) is 0 Å². The first-order valence-corrected chi connectivity index (χ1v) is 9.93. The van der Waals surface area contributed by atoms with Crippen LogP contribution in [-0.2, 0) is 24.3 Å². The molecule has 3 rings (SSSR count). The molecule has 1 fully saturated rings. The van der Waals surface area contributed by atoms with Crippen molar-refractivity contribution in [2.45, 2.75) is 60.0 Å². The summed E-state index contributed by atoms with van der Waals surface area (Å²) in [7, 11) is 0. The molecule has 6 nitrogen and oxygen atoms in total. The summed E-state index contributed by atoms with van der Waals surface area (Å²) in [6.07, 6.45) is 4.66. The molecule has 1 aliphatic rings. The molecular formula is C21H31N5O. The van der Waals surface area contributed by atoms with Gasteiger partial charge in [0, 0.05) is 43.6 Å². The molecule has 1 aliphatic heterocycles. The second kappa shape index (κ2) is 8.55. The number of aryl methyl sites for hydroxylation is 1. The van der Waals surface area contributed by atoms with Crippen LogP contribution in [0.25, 0.3) is 0 Å². The highest BCUT2D eigenvalue weighted by Crippen LogP contribution is 2.19. The second-order valence-electron chi connectivity index (χ2n) is 7.90. The average Bonchev–Trinajstić information content (AvgIpc) is 3.25. The van der Waals surface area contributed by atoms with E-state index in [2.05, 4.69) is 47.1 Å². The smallest absolute Gasteiger partial charge is 0.224 e. The maximum absolute atomic E-state index is 12.5. The van der Waals surface area contributed by atoms with E-state index in [9.17, 15) is 4.79 Å². The van der Waals surface area contributed by atoms with Gasteiger partial charge in [-0.3, -0.25) is 9.48 Å². The van der Waals surface area contributed by atoms with E-state index in [1.54, 1.807) is 0 Å². The largest absolute Gasteiger partial charge is 0.357 e. The van der Waals surface area contributed by atoms with Crippen molar-refractivity contribution in [2.24, 2.45) is 5.92 Å². The zero-order valence-electron chi connectivity index (χ0n) is 17.0. The number of anilines is 1. The van der Waals surface area contributed by atoms with Crippen LogP contribution in [0.5, 0.6) is 0 Å². The van der Waals surface area contributed by atoms with Crippen molar-refractivity contribution < 1.29 is 4.79 Å². The standard InChI is InChI=1S/C21H31N5O/c1-15(2)14-26-17(4)19(16(3)24-26)12-21(27)23-13-18-7-8-22-20(11-18)25-9-5-6-10-25/h7-8,11,15H,5-6,9-10,12-14H2,1-4H3,(H,23,27). The monoisotopic (exact) mass is 369 g/mol. The molecule has 0 radical (unpaired) electrons. The average molecular weight is 370 g/mol. The van der Waals surface area contributed by atoms with Gasteiger partial charge in [-0.25, -0.2) is 4.98 Å². The fourth-order valence-electron chi connectivity index (χ4n) is 3.63. The van der Waals surface area contributed by atoms with Crippen LogP contribution < -0.4 is 10.2 Å². The molecule has 2 aromatic heterocycles. The summed E-state index contributed by atoms with van der Waals surface area (Å²) in [5, 5.41) is 7.65. The van der Waals surface area contributed by atoms with Gasteiger partial charge in [-0.1, -0.05) is 13.8 Å². The van der Waals surface area contributed by atoms with E-state index in [-0.39, 0.29) is 5.91 Å². The SMILES string of the molecule is Cc1nn(CC(C)C)c(C)c1CC(=O)NCc1ccnc(N2CCCC2)c1. The first-order valence-electron chi connectivity index (χ1n) is 9.93. The van der Waals surface area contributed by atoms with Crippen molar-refractivity contribution in [1.82, 2.24) is 20.1 Å². The summed E-state index contributed by atoms with van der Waals surface area (Å²) in [5.74, 6) is 1.58. The van der Waals surface area contributed by atoms with E-state index in [0.717, 1.165) is 48.0 Å². The van der Waals surface area contributed by atoms with Crippen molar-refractivity contribution in [3.05, 3.63) is 40.8 Å². The lowest BCUT2D eigenvalue weighted by molar-refractivity contribution is -0.120. The molecule has 0 aliphatic carbocycles. The number of nitrogens with one attached hydrogen (secondary N) is 1. The Kier molecular flexibility index (Phi) is 6.14. The summed E-state index contributed by atoms with van der Waals surface area (Å²) < 4.78 is 2.02. The second-order valence-corrected chi connectivity index (χ2v) is 7.90. The van der Waals surface area contributed by atoms with Gasteiger partial charge in [-0.05, 0) is 50.3 Å². The fourth-order valence-corrected chi connectivity index (χ4v) is 3.63. The van der Waals surface area contributed by atoms with Gasteiger partial charge in [0.05, 0.1) is 12.1 Å². The summed E-state index contributed by atoms with van der Waals surface area (Å²) in [6, 6.07) is 4.06. The quantitative estimate of drug-likeness (QED) is 0.815. The van der Waals surface area contributed by atoms with Crippen molar-refractivity contribution in [3.63, 3.8) is 0 Å². The zero-order chi connectivity index (χ0) is 19.4. The van der Waals surface area contributed by atoms with E-state index < -0.39 is 0 Å². The van der Waals surface area contributed by atoms with Crippen LogP contribution in [0.3, 0.4) is 0 Å². The van der Waals surface area contributed by atoms with Crippen molar-refractivity contribution in [3.8, 4) is 0 Å². The topological polar surface area (TPSA) is 63.1 Å². The van der Waals surface area contributed by atoms with Crippen molar-refractivity contribution in [2.75, 3.05) is 18.0 Å². The number of hydrogen-bond acceptors (Lipinski definition) is 4. The number of pyridine rings is 1. The molecule has 6 heteroatoms. The van der Waals surface area contributed by atoms with Gasteiger partial charge in [0.15, 0.2) is 0 Å². The number of aromatic nitrogens is 3. The molecule has 1 saturated heterocycles. The van der Waals surface area contributed by atoms with Gasteiger partial charge >= 0.3 is 0 Å². The van der Waals surface area contributed by atoms with Crippen LogP contribution in [-0.4, -0.2) is 33.8 Å². The van der Waals surface area contributed by atoms with Gasteiger partial charge in [0.2, 0.25) is 5.91 Å². The number of rotatable bonds is 7. The molecule has 0 aromatic carbocycles. The predicted molar refractivity (Wildman–Crippen MR) is 108 cm³/mol. The number of amides is 1. The minimum Gasteiger partial charge on any atom is -0.357 e. The first kappa shape index (κ1) is 19.4. The molecule has 0 unspecified atom stereocenters. The Balaban J connectivity index is 1.59. The minimum absolute atomic E-state index is 0.0323. The van der Waals surface area contributed by atoms with Gasteiger partial charge in [-0.2, -0.15) is 5.10 Å². The van der Waals surface area contributed by atoms with E-state index >= 15 is 0 Å². The van der Waals surface area contributed by atoms with Gasteiger partial charge < -0.3 is 10.2 Å². The minimum atomic E-state index is 0.0323. The Morgan fingerprint density at radius 3 is 2.70 bits per heavy atom. The summed E-state index contributed by atoms with van der Waals surface area (Å²) >= 11 is 0. The normalized spacial score (nSPS) is 14.2. The molecular weight excluding hydrogens is 338 g/mol. The van der Waals surface area contributed by atoms with Crippen LogP contribution >= 0.6 is 0 Å². The lowest BCUT2D eigenvalue weighted by Gasteiger charge is -2.17. The third-order valence-electron chi connectivity index (χ3n) is 5.14. The molecule has 0 bridgehead atoms. The van der Waals surface area contributed by atoms with Crippen LogP contribution in [0.15, 0.2) is 18.3 Å². The molecule has 27 heavy (non-hydrogen) atoms. The van der Waals surface area contributed by atoms with E-state index in [1.165, 1.54) is 12.8 Å². The molecule has 0 spiro atoms. The van der Waals surface area contributed by atoms with Crippen LogP contribution in [0.1, 0.15) is 49.2 Å². The number of carbonyl (C=O) groups is 1. The highest BCUT2D eigenvalue weighted by molar-refractivity contribution is 5.79. The third-order valence-corrected chi connectivity index (χ3v) is 5.14. The van der Waals surface area contributed by atoms with Crippen LogP contribution in [0, 0.1) is 19.8 Å². The van der Waals surface area contributed by atoms with E-state index in [1.807, 2.05) is 23.9 Å². The lowest BCUT2D eigenvalue weighted by Crippen LogP contribution is -2.25. The number of hydrogen-bond donors (Lipinski definition) is 1. The van der Waals surface area contributed by atoms with E-state index in [0.29, 0.717) is 18.9 Å². The Hall–Kier alpha value is -2.37. The lowest BCUT2D eigenvalue weighted by atomic mass is 10.1. The first-order chi connectivity index (χ1) is 12.9. The van der Waals surface area contributed by atoms with E-state index in [4.69, 9.17) is 0 Å². The van der Waals surface area contributed by atoms with Gasteiger partial charge in [0.1, 0.15) is 5.82 Å². The number of nitrogens with zero attached hydrogens (tertiary/aromatic N) is 4. The van der Waals surface area contributed by atoms with Crippen LogP contribution in [0.4, 0.5) is 5.82 Å². The Morgan fingerprint density at radius 1 is 1.26 bits per heavy atom. The molecule has 3 heterocycles. The maximum Gasteiger partial charge on any atom is 0.224 e. The molecule has 146 valence electrons. The zero-order valence-corrected chi connectivity index (χ0v) is 17.0. The molecule has 1 N–H and O–H groups in total. The van der Waals surface area contributed by atoms with Gasteiger partial charge in [0.25, 0.3) is 0 Å². The van der Waals surface area contributed by atoms with Crippen LogP contribution in [0.2, 0.25) is 0 Å². The molecule has 2 aromatic rings. The summed E-state index contributed by atoms with van der Waals surface area (Å²) in [6.45, 7) is 11.9. The highest BCUT2D eigenvalue weighted by Gasteiger charge is 2.16. The number of carbonyl (C=O) groups excluding carboxylic acids is 1. The molecule has 1 amide bonds. The Bertz CT molecular complexity index is 790. The Labute approximate surface area is 162 Å². The molecule has 0 saturated carbocycles. The maximum atomic E-state index is 12.5. The Morgan fingerprint density at radius 2 is 2.00 bits per heavy atom. The molecule has 0 atom stereocenters. The fraction of sp³-hybridized carbons (Fsp3) is 0.571. The summed E-state index contributed by atoms with van der Waals surface area (Å²) in [5.41, 5.74) is 4.17. The van der Waals surface area contributed by atoms with Crippen molar-refractivity contribution >= 4 is 11.7 Å². The third kappa shape index (κ3) is 4.87. The van der Waals surface area contributed by atoms with Gasteiger partial charge in [-0.15, -0.1) is 0 Å². The summed E-state index contributed by atoms with van der Waals surface area (Å²) in [4.78, 5) is 19.3.